The molecule has 10 heteroatoms. The summed E-state index contributed by atoms with van der Waals surface area (Å²) < 4.78 is 54.4. The topological polar surface area (TPSA) is 76.5 Å². The van der Waals surface area contributed by atoms with Crippen molar-refractivity contribution in [2.45, 2.75) is 38.4 Å². The van der Waals surface area contributed by atoms with E-state index in [4.69, 9.17) is 0 Å². The number of hydrogen-bond acceptors (Lipinski definition) is 4. The largest absolute Gasteiger partial charge is 0.416 e. The van der Waals surface area contributed by atoms with Gasteiger partial charge in [0.05, 0.1) is 17.3 Å². The first kappa shape index (κ1) is 18.3. The molecule has 1 aliphatic heterocycles. The van der Waals surface area contributed by atoms with Crippen LogP contribution >= 0.6 is 0 Å². The first-order valence-electron chi connectivity index (χ1n) is 8.63. The van der Waals surface area contributed by atoms with Crippen molar-refractivity contribution in [2.24, 2.45) is 0 Å². The summed E-state index contributed by atoms with van der Waals surface area (Å²) in [6.07, 6.45) is -2.83. The third-order valence-corrected chi connectivity index (χ3v) is 4.77. The van der Waals surface area contributed by atoms with Crippen LogP contribution < -0.4 is 5.56 Å². The first-order valence-corrected chi connectivity index (χ1v) is 8.63. The Morgan fingerprint density at radius 3 is 2.71 bits per heavy atom. The number of hydrogen-bond donors (Lipinski definition) is 1. The molecule has 0 aliphatic carbocycles. The number of fused-ring (bicyclic) bond motifs is 1. The van der Waals surface area contributed by atoms with Crippen LogP contribution in [0.5, 0.6) is 0 Å². The lowest BCUT2D eigenvalue weighted by Crippen LogP contribution is -2.21. The lowest BCUT2D eigenvalue weighted by Gasteiger charge is -2.25. The van der Waals surface area contributed by atoms with Crippen LogP contribution in [0.4, 0.5) is 17.6 Å². The number of nitrogens with one attached hydrogen (secondary N) is 1. The second-order valence-corrected chi connectivity index (χ2v) is 6.69. The Labute approximate surface area is 156 Å². The van der Waals surface area contributed by atoms with Crippen LogP contribution in [0.1, 0.15) is 41.5 Å². The van der Waals surface area contributed by atoms with Gasteiger partial charge in [0.15, 0.2) is 0 Å². The SMILES string of the molecule is Cc1nc(-c2nnn3c2CCC[C@H]3c2ccc(C(F)(F)F)cc2F)cc(=O)[nH]1. The summed E-state index contributed by atoms with van der Waals surface area (Å²) in [7, 11) is 0. The van der Waals surface area contributed by atoms with Gasteiger partial charge >= 0.3 is 6.18 Å². The van der Waals surface area contributed by atoms with Gasteiger partial charge < -0.3 is 4.98 Å². The third kappa shape index (κ3) is 3.19. The van der Waals surface area contributed by atoms with E-state index < -0.39 is 23.6 Å². The number of rotatable bonds is 2. The summed E-state index contributed by atoms with van der Waals surface area (Å²) in [5.74, 6) is -0.514. The minimum Gasteiger partial charge on any atom is -0.311 e. The number of aromatic amines is 1. The molecule has 1 aromatic carbocycles. The zero-order valence-electron chi connectivity index (χ0n) is 14.7. The number of aryl methyl sites for hydroxylation is 1. The molecule has 1 aliphatic rings. The molecule has 0 saturated carbocycles. The zero-order valence-corrected chi connectivity index (χ0v) is 14.7. The molecule has 1 atom stereocenters. The van der Waals surface area contributed by atoms with E-state index in [9.17, 15) is 22.4 Å². The Hall–Kier alpha value is -3.04. The third-order valence-electron chi connectivity index (χ3n) is 4.77. The summed E-state index contributed by atoms with van der Waals surface area (Å²) in [5.41, 5.74) is 0.216. The van der Waals surface area contributed by atoms with Gasteiger partial charge in [-0.1, -0.05) is 11.3 Å². The van der Waals surface area contributed by atoms with Gasteiger partial charge in [0.2, 0.25) is 0 Å². The maximum absolute atomic E-state index is 14.5. The standard InChI is InChI=1S/C18H15F4N5O/c1-9-23-13(8-16(28)24-9)17-15-4-2-3-14(27(15)26-25-17)11-6-5-10(7-12(11)19)18(20,21)22/h5-8,14H,2-4H2,1H3,(H,23,24,28)/t14-/m0/s1. The minimum absolute atomic E-state index is 0.125. The molecule has 3 heterocycles. The molecule has 2 aromatic heterocycles. The first-order chi connectivity index (χ1) is 13.2. The maximum Gasteiger partial charge on any atom is 0.416 e. The highest BCUT2D eigenvalue weighted by Gasteiger charge is 2.33. The Morgan fingerprint density at radius 2 is 2.04 bits per heavy atom. The van der Waals surface area contributed by atoms with E-state index in [0.717, 1.165) is 12.1 Å². The van der Waals surface area contributed by atoms with Crippen LogP contribution in [-0.4, -0.2) is 25.0 Å². The van der Waals surface area contributed by atoms with Crippen LogP contribution in [0, 0.1) is 12.7 Å². The Kier molecular flexibility index (Phi) is 4.28. The summed E-state index contributed by atoms with van der Waals surface area (Å²) >= 11 is 0. The van der Waals surface area contributed by atoms with Gasteiger partial charge in [-0.3, -0.25) is 4.79 Å². The Bertz CT molecular complexity index is 1100. The average molecular weight is 393 g/mol. The van der Waals surface area contributed by atoms with Crippen molar-refractivity contribution in [1.29, 1.82) is 0 Å². The number of nitrogens with zero attached hydrogens (tertiary/aromatic N) is 4. The molecular formula is C18H15F4N5O. The van der Waals surface area contributed by atoms with E-state index >= 15 is 0 Å². The number of aromatic nitrogens is 5. The number of H-pyrrole nitrogens is 1. The molecule has 0 saturated heterocycles. The molecule has 0 amide bonds. The van der Waals surface area contributed by atoms with Gasteiger partial charge in [-0.05, 0) is 38.3 Å². The second-order valence-electron chi connectivity index (χ2n) is 6.69. The fourth-order valence-corrected chi connectivity index (χ4v) is 3.54. The molecule has 4 rings (SSSR count). The molecule has 0 spiro atoms. The van der Waals surface area contributed by atoms with Gasteiger partial charge in [-0.15, -0.1) is 5.10 Å². The molecule has 0 unspecified atom stereocenters. The van der Waals surface area contributed by atoms with Crippen molar-refractivity contribution in [2.75, 3.05) is 0 Å². The maximum atomic E-state index is 14.5. The van der Waals surface area contributed by atoms with E-state index in [-0.39, 0.29) is 11.1 Å². The molecular weight excluding hydrogens is 378 g/mol. The van der Waals surface area contributed by atoms with E-state index in [1.807, 2.05) is 0 Å². The zero-order chi connectivity index (χ0) is 20.1. The van der Waals surface area contributed by atoms with Crippen LogP contribution in [0.25, 0.3) is 11.4 Å². The number of alkyl halides is 3. The number of halogens is 4. The van der Waals surface area contributed by atoms with Crippen LogP contribution in [0.2, 0.25) is 0 Å². The Morgan fingerprint density at radius 1 is 1.25 bits per heavy atom. The molecule has 1 N–H and O–H groups in total. The van der Waals surface area contributed by atoms with Gasteiger partial charge in [0, 0.05) is 11.6 Å². The van der Waals surface area contributed by atoms with Crippen LogP contribution in [-0.2, 0) is 12.6 Å². The second kappa shape index (κ2) is 6.54. The summed E-state index contributed by atoms with van der Waals surface area (Å²) in [4.78, 5) is 18.5. The van der Waals surface area contributed by atoms with Crippen molar-refractivity contribution in [1.82, 2.24) is 25.0 Å². The fourth-order valence-electron chi connectivity index (χ4n) is 3.54. The molecule has 0 radical (unpaired) electrons. The smallest absolute Gasteiger partial charge is 0.311 e. The predicted molar refractivity (Wildman–Crippen MR) is 91.1 cm³/mol. The minimum atomic E-state index is -4.61. The van der Waals surface area contributed by atoms with Gasteiger partial charge in [-0.2, -0.15) is 13.2 Å². The van der Waals surface area contributed by atoms with Crippen LogP contribution in [0.15, 0.2) is 29.1 Å². The van der Waals surface area contributed by atoms with Crippen molar-refractivity contribution >= 4 is 0 Å². The lowest BCUT2D eigenvalue weighted by molar-refractivity contribution is -0.137. The van der Waals surface area contributed by atoms with Crippen molar-refractivity contribution in [3.05, 3.63) is 63.1 Å². The van der Waals surface area contributed by atoms with E-state index in [1.54, 1.807) is 6.92 Å². The highest BCUT2D eigenvalue weighted by molar-refractivity contribution is 5.56. The monoisotopic (exact) mass is 393 g/mol. The quantitative estimate of drug-likeness (QED) is 0.677. The molecule has 0 bridgehead atoms. The molecule has 0 fully saturated rings. The van der Waals surface area contributed by atoms with Crippen molar-refractivity contribution in [3.8, 4) is 11.4 Å². The molecule has 28 heavy (non-hydrogen) atoms. The van der Waals surface area contributed by atoms with Gasteiger partial charge in [0.25, 0.3) is 5.56 Å². The Balaban J connectivity index is 1.77. The lowest BCUT2D eigenvalue weighted by atomic mass is 9.94. The summed E-state index contributed by atoms with van der Waals surface area (Å²) in [6, 6.07) is 3.25. The normalized spacial score (nSPS) is 16.8. The van der Waals surface area contributed by atoms with E-state index in [2.05, 4.69) is 20.3 Å². The van der Waals surface area contributed by atoms with E-state index in [0.29, 0.717) is 48.2 Å². The average Bonchev–Trinajstić information content (AvgIpc) is 3.04. The fraction of sp³-hybridized carbons (Fsp3) is 0.333. The number of benzene rings is 1. The highest BCUT2D eigenvalue weighted by Crippen LogP contribution is 2.36. The van der Waals surface area contributed by atoms with Gasteiger partial charge in [-0.25, -0.2) is 14.1 Å². The molecule has 3 aromatic rings. The summed E-state index contributed by atoms with van der Waals surface area (Å²) in [6.45, 7) is 1.64. The van der Waals surface area contributed by atoms with Crippen molar-refractivity contribution in [3.63, 3.8) is 0 Å². The van der Waals surface area contributed by atoms with E-state index in [1.165, 1.54) is 10.7 Å². The van der Waals surface area contributed by atoms with Crippen molar-refractivity contribution < 1.29 is 17.6 Å². The van der Waals surface area contributed by atoms with Crippen LogP contribution in [0.3, 0.4) is 0 Å². The summed E-state index contributed by atoms with van der Waals surface area (Å²) in [5, 5.41) is 8.20. The predicted octanol–water partition coefficient (Wildman–Crippen LogP) is 3.42. The molecule has 146 valence electrons. The molecule has 6 nitrogen and oxygen atoms in total. The highest BCUT2D eigenvalue weighted by atomic mass is 19.4. The van der Waals surface area contributed by atoms with Gasteiger partial charge in [0.1, 0.15) is 23.0 Å².